The zero-order valence-corrected chi connectivity index (χ0v) is 16.9. The highest BCUT2D eigenvalue weighted by atomic mass is 35.5. The Morgan fingerprint density at radius 2 is 1.92 bits per heavy atom. The predicted molar refractivity (Wildman–Crippen MR) is 108 cm³/mol. The van der Waals surface area contributed by atoms with Crippen LogP contribution in [0.15, 0.2) is 23.2 Å². The predicted octanol–water partition coefficient (Wildman–Crippen LogP) is 2.21. The summed E-state index contributed by atoms with van der Waals surface area (Å²) in [6.07, 6.45) is 0. The van der Waals surface area contributed by atoms with E-state index < -0.39 is 0 Å². The van der Waals surface area contributed by atoms with Crippen LogP contribution in [0.3, 0.4) is 0 Å². The molecular weight excluding hydrogens is 373 g/mol. The van der Waals surface area contributed by atoms with Gasteiger partial charge in [-0.2, -0.15) is 0 Å². The normalized spacial score (nSPS) is 15.8. The highest BCUT2D eigenvalue weighted by Gasteiger charge is 2.17. The van der Waals surface area contributed by atoms with Crippen molar-refractivity contribution in [3.63, 3.8) is 0 Å². The highest BCUT2D eigenvalue weighted by Crippen LogP contribution is 2.21. The van der Waals surface area contributed by atoms with E-state index >= 15 is 0 Å². The molecule has 0 atom stereocenters. The molecule has 1 fully saturated rings. The first kappa shape index (κ1) is 20.8. The number of rotatable bonds is 6. The Kier molecular flexibility index (Phi) is 8.48. The third-order valence-electron chi connectivity index (χ3n) is 4.30. The quantitative estimate of drug-likeness (QED) is 0.568. The Labute approximate surface area is 165 Å². The molecule has 8 heteroatoms. The first-order valence-electron chi connectivity index (χ1n) is 8.93. The summed E-state index contributed by atoms with van der Waals surface area (Å²) < 4.78 is 0. The number of halogens is 2. The molecule has 1 heterocycles. The molecule has 2 N–H and O–H groups in total. The molecule has 1 aliphatic rings. The SMILES string of the molecule is CCNC(=NCc1ccc(Cl)cc1Cl)NCCN1CCN(C(C)=O)CC1. The Morgan fingerprint density at radius 1 is 1.19 bits per heavy atom. The minimum Gasteiger partial charge on any atom is -0.357 e. The van der Waals surface area contributed by atoms with Gasteiger partial charge in [-0.3, -0.25) is 9.69 Å². The Hall–Kier alpha value is -1.50. The number of guanidine groups is 1. The number of aliphatic imine (C=N–C) groups is 1. The summed E-state index contributed by atoms with van der Waals surface area (Å²) in [7, 11) is 0. The van der Waals surface area contributed by atoms with Gasteiger partial charge >= 0.3 is 0 Å². The molecule has 0 bridgehead atoms. The largest absolute Gasteiger partial charge is 0.357 e. The van der Waals surface area contributed by atoms with E-state index in [1.54, 1.807) is 13.0 Å². The van der Waals surface area contributed by atoms with E-state index in [1.807, 2.05) is 24.0 Å². The molecular formula is C18H27Cl2N5O. The van der Waals surface area contributed by atoms with Crippen molar-refractivity contribution in [1.29, 1.82) is 0 Å². The van der Waals surface area contributed by atoms with Crippen LogP contribution < -0.4 is 10.6 Å². The molecule has 26 heavy (non-hydrogen) atoms. The number of carbonyl (C=O) groups is 1. The molecule has 1 amide bonds. The molecule has 0 saturated carbocycles. The number of benzene rings is 1. The lowest BCUT2D eigenvalue weighted by molar-refractivity contribution is -0.130. The van der Waals surface area contributed by atoms with E-state index in [9.17, 15) is 4.79 Å². The Morgan fingerprint density at radius 3 is 2.54 bits per heavy atom. The van der Waals surface area contributed by atoms with Crippen LogP contribution in [-0.2, 0) is 11.3 Å². The summed E-state index contributed by atoms with van der Waals surface area (Å²) in [4.78, 5) is 20.2. The molecule has 0 radical (unpaired) electrons. The lowest BCUT2D eigenvalue weighted by Gasteiger charge is -2.34. The average Bonchev–Trinajstić information content (AvgIpc) is 2.61. The van der Waals surface area contributed by atoms with Crippen molar-refractivity contribution in [3.8, 4) is 0 Å². The monoisotopic (exact) mass is 399 g/mol. The van der Waals surface area contributed by atoms with Gasteiger partial charge in [0.2, 0.25) is 5.91 Å². The van der Waals surface area contributed by atoms with Crippen LogP contribution in [0.5, 0.6) is 0 Å². The van der Waals surface area contributed by atoms with Crippen molar-refractivity contribution < 1.29 is 4.79 Å². The van der Waals surface area contributed by atoms with Crippen molar-refractivity contribution in [2.75, 3.05) is 45.8 Å². The second kappa shape index (κ2) is 10.6. The van der Waals surface area contributed by atoms with E-state index in [4.69, 9.17) is 23.2 Å². The zero-order chi connectivity index (χ0) is 18.9. The first-order chi connectivity index (χ1) is 12.5. The van der Waals surface area contributed by atoms with Crippen molar-refractivity contribution in [3.05, 3.63) is 33.8 Å². The molecule has 1 aromatic carbocycles. The van der Waals surface area contributed by atoms with Gasteiger partial charge in [0.1, 0.15) is 0 Å². The van der Waals surface area contributed by atoms with Gasteiger partial charge in [0.15, 0.2) is 5.96 Å². The van der Waals surface area contributed by atoms with Crippen LogP contribution in [0.25, 0.3) is 0 Å². The summed E-state index contributed by atoms with van der Waals surface area (Å²) in [6, 6.07) is 5.45. The molecule has 0 spiro atoms. The van der Waals surface area contributed by atoms with E-state index in [0.29, 0.717) is 16.6 Å². The molecule has 0 aromatic heterocycles. The summed E-state index contributed by atoms with van der Waals surface area (Å²) >= 11 is 12.1. The van der Waals surface area contributed by atoms with Crippen LogP contribution in [0.4, 0.5) is 0 Å². The molecule has 6 nitrogen and oxygen atoms in total. The fourth-order valence-electron chi connectivity index (χ4n) is 2.77. The third-order valence-corrected chi connectivity index (χ3v) is 4.89. The van der Waals surface area contributed by atoms with E-state index in [2.05, 4.69) is 20.5 Å². The summed E-state index contributed by atoms with van der Waals surface area (Å²) in [5.41, 5.74) is 0.939. The van der Waals surface area contributed by atoms with Gasteiger partial charge in [0.05, 0.1) is 6.54 Å². The molecule has 0 aliphatic carbocycles. The lowest BCUT2D eigenvalue weighted by atomic mass is 10.2. The van der Waals surface area contributed by atoms with Crippen LogP contribution in [0, 0.1) is 0 Å². The summed E-state index contributed by atoms with van der Waals surface area (Å²) in [5.74, 6) is 0.922. The lowest BCUT2D eigenvalue weighted by Crippen LogP contribution is -2.50. The second-order valence-electron chi connectivity index (χ2n) is 6.21. The molecule has 1 saturated heterocycles. The van der Waals surface area contributed by atoms with Gasteiger partial charge < -0.3 is 15.5 Å². The van der Waals surface area contributed by atoms with Crippen molar-refractivity contribution in [2.45, 2.75) is 20.4 Å². The maximum atomic E-state index is 11.4. The van der Waals surface area contributed by atoms with Gasteiger partial charge in [0, 0.05) is 62.8 Å². The van der Waals surface area contributed by atoms with Crippen LogP contribution in [0.1, 0.15) is 19.4 Å². The maximum Gasteiger partial charge on any atom is 0.219 e. The molecule has 144 valence electrons. The van der Waals surface area contributed by atoms with Crippen molar-refractivity contribution in [2.24, 2.45) is 4.99 Å². The fraction of sp³-hybridized carbons (Fsp3) is 0.556. The Balaban J connectivity index is 1.79. The number of hydrogen-bond acceptors (Lipinski definition) is 3. The maximum absolute atomic E-state index is 11.4. The van der Waals surface area contributed by atoms with Crippen molar-refractivity contribution in [1.82, 2.24) is 20.4 Å². The fourth-order valence-corrected chi connectivity index (χ4v) is 3.24. The number of hydrogen-bond donors (Lipinski definition) is 2. The highest BCUT2D eigenvalue weighted by molar-refractivity contribution is 6.35. The van der Waals surface area contributed by atoms with Gasteiger partial charge in [-0.1, -0.05) is 29.3 Å². The smallest absolute Gasteiger partial charge is 0.219 e. The number of amides is 1. The van der Waals surface area contributed by atoms with E-state index in [0.717, 1.165) is 57.3 Å². The number of piperazine rings is 1. The molecule has 0 unspecified atom stereocenters. The molecule has 1 aliphatic heterocycles. The first-order valence-corrected chi connectivity index (χ1v) is 9.69. The van der Waals surface area contributed by atoms with Gasteiger partial charge in [-0.25, -0.2) is 4.99 Å². The zero-order valence-electron chi connectivity index (χ0n) is 15.4. The summed E-state index contributed by atoms with van der Waals surface area (Å²) in [6.45, 7) is 10.1. The van der Waals surface area contributed by atoms with Gasteiger partial charge in [0.25, 0.3) is 0 Å². The third kappa shape index (κ3) is 6.67. The van der Waals surface area contributed by atoms with E-state index in [-0.39, 0.29) is 5.91 Å². The van der Waals surface area contributed by atoms with E-state index in [1.165, 1.54) is 0 Å². The van der Waals surface area contributed by atoms with Crippen LogP contribution in [0.2, 0.25) is 10.0 Å². The number of carbonyl (C=O) groups excluding carboxylic acids is 1. The topological polar surface area (TPSA) is 60.0 Å². The average molecular weight is 400 g/mol. The molecule has 1 aromatic rings. The summed E-state index contributed by atoms with van der Waals surface area (Å²) in [5, 5.41) is 7.84. The van der Waals surface area contributed by atoms with Crippen LogP contribution in [-0.4, -0.2) is 67.5 Å². The number of nitrogens with one attached hydrogen (secondary N) is 2. The molecule has 2 rings (SSSR count). The Bertz CT molecular complexity index is 630. The minimum absolute atomic E-state index is 0.158. The number of nitrogens with zero attached hydrogens (tertiary/aromatic N) is 3. The van der Waals surface area contributed by atoms with Crippen LogP contribution >= 0.6 is 23.2 Å². The standard InChI is InChI=1S/C18H27Cl2N5O/c1-3-21-18(23-13-15-4-5-16(19)12-17(15)20)22-6-7-24-8-10-25(11-9-24)14(2)26/h4-5,12H,3,6-11,13H2,1-2H3,(H2,21,22,23). The van der Waals surface area contributed by atoms with Gasteiger partial charge in [-0.05, 0) is 24.6 Å². The second-order valence-corrected chi connectivity index (χ2v) is 7.05. The van der Waals surface area contributed by atoms with Crippen molar-refractivity contribution >= 4 is 35.1 Å². The van der Waals surface area contributed by atoms with Gasteiger partial charge in [-0.15, -0.1) is 0 Å². The minimum atomic E-state index is 0.158.